The topological polar surface area (TPSA) is 98.6 Å². The van der Waals surface area contributed by atoms with Crippen LogP contribution in [0.2, 0.25) is 0 Å². The average molecular weight is 411 g/mol. The highest BCUT2D eigenvalue weighted by Gasteiger charge is 2.27. The molecule has 28 heavy (non-hydrogen) atoms. The number of esters is 1. The number of hydrogen-bond acceptors (Lipinski definition) is 6. The summed E-state index contributed by atoms with van der Waals surface area (Å²) in [6.45, 7) is 13.9. The number of carbonyl (C=O) groups excluding carboxylic acids is 1. The van der Waals surface area contributed by atoms with Crippen molar-refractivity contribution in [3.8, 4) is 17.0 Å². The zero-order valence-electron chi connectivity index (χ0n) is 17.6. The minimum absolute atomic E-state index is 0. The quantitative estimate of drug-likeness (QED) is 0.713. The fourth-order valence-electron chi connectivity index (χ4n) is 2.85. The number of carbonyl (C=O) groups is 1. The second kappa shape index (κ2) is 8.53. The molecule has 0 bridgehead atoms. The number of phenols is 1. The molecule has 0 fully saturated rings. The van der Waals surface area contributed by atoms with E-state index in [1.54, 1.807) is 13.0 Å². The fraction of sp³-hybridized carbons (Fsp3) is 0.524. The molecule has 2 aromatic rings. The molecule has 0 amide bonds. The summed E-state index contributed by atoms with van der Waals surface area (Å²) in [5, 5.41) is 15.0. The average Bonchev–Trinajstić information content (AvgIpc) is 3.02. The van der Waals surface area contributed by atoms with Gasteiger partial charge in [-0.3, -0.25) is 4.79 Å². The number of halogens is 1. The summed E-state index contributed by atoms with van der Waals surface area (Å²) in [6.07, 6.45) is -0.580. The maximum atomic E-state index is 11.4. The lowest BCUT2D eigenvalue weighted by molar-refractivity contribution is -0.147. The molecule has 0 saturated heterocycles. The number of nitrogens with two attached hydrogens (primary N) is 1. The van der Waals surface area contributed by atoms with Gasteiger partial charge in [-0.05, 0) is 29.9 Å². The smallest absolute Gasteiger partial charge is 0.320 e. The van der Waals surface area contributed by atoms with Gasteiger partial charge in [-0.2, -0.15) is 0 Å². The summed E-state index contributed by atoms with van der Waals surface area (Å²) >= 11 is 0. The van der Waals surface area contributed by atoms with Crippen LogP contribution in [0.25, 0.3) is 11.3 Å². The third-order valence-electron chi connectivity index (χ3n) is 4.43. The highest BCUT2D eigenvalue weighted by atomic mass is 35.5. The molecule has 1 aromatic carbocycles. The highest BCUT2D eigenvalue weighted by Crippen LogP contribution is 2.42. The first-order valence-electron chi connectivity index (χ1n) is 9.09. The van der Waals surface area contributed by atoms with Crippen molar-refractivity contribution < 1.29 is 19.2 Å². The van der Waals surface area contributed by atoms with Crippen LogP contribution in [0.15, 0.2) is 22.7 Å². The Bertz CT molecular complexity index is 797. The van der Waals surface area contributed by atoms with Crippen LogP contribution >= 0.6 is 12.4 Å². The molecule has 0 aliphatic rings. The maximum Gasteiger partial charge on any atom is 0.320 e. The standard InChI is InChI=1S/C21H30N2O4.ClH/c1-12(26-18(24)11-22)17-10-16(23-27-17)13-8-14(20(2,3)4)19(25)15(9-13)21(5,6)7;/h8-10,12,25H,11,22H2,1-7H3;1H. The Kier molecular flexibility index (Phi) is 7.31. The van der Waals surface area contributed by atoms with E-state index in [0.717, 1.165) is 16.7 Å². The van der Waals surface area contributed by atoms with E-state index < -0.39 is 12.1 Å². The molecule has 7 heteroatoms. The van der Waals surface area contributed by atoms with Crippen molar-refractivity contribution in [3.63, 3.8) is 0 Å². The van der Waals surface area contributed by atoms with Crippen LogP contribution in [0.5, 0.6) is 5.75 Å². The van der Waals surface area contributed by atoms with Gasteiger partial charge < -0.3 is 20.1 Å². The number of aromatic nitrogens is 1. The molecule has 1 aromatic heterocycles. The van der Waals surface area contributed by atoms with Gasteiger partial charge in [0.05, 0.1) is 6.54 Å². The molecule has 0 aliphatic heterocycles. The number of ether oxygens (including phenoxy) is 1. The third kappa shape index (κ3) is 5.26. The first-order chi connectivity index (χ1) is 12.3. The Labute approximate surface area is 172 Å². The van der Waals surface area contributed by atoms with E-state index in [1.165, 1.54) is 0 Å². The van der Waals surface area contributed by atoms with E-state index in [-0.39, 0.29) is 29.8 Å². The molecule has 1 unspecified atom stereocenters. The van der Waals surface area contributed by atoms with E-state index in [2.05, 4.69) is 46.7 Å². The molecule has 3 N–H and O–H groups in total. The van der Waals surface area contributed by atoms with Gasteiger partial charge in [-0.15, -0.1) is 12.4 Å². The van der Waals surface area contributed by atoms with Crippen molar-refractivity contribution in [2.45, 2.75) is 65.4 Å². The van der Waals surface area contributed by atoms with Gasteiger partial charge in [0.1, 0.15) is 11.4 Å². The predicted octanol–water partition coefficient (Wildman–Crippen LogP) is 4.63. The van der Waals surface area contributed by atoms with Crippen molar-refractivity contribution >= 4 is 18.4 Å². The minimum atomic E-state index is -0.580. The largest absolute Gasteiger partial charge is 0.507 e. The highest BCUT2D eigenvalue weighted by molar-refractivity contribution is 5.85. The summed E-state index contributed by atoms with van der Waals surface area (Å²) in [7, 11) is 0. The molecule has 156 valence electrons. The van der Waals surface area contributed by atoms with Crippen molar-refractivity contribution in [1.82, 2.24) is 5.16 Å². The van der Waals surface area contributed by atoms with Crippen LogP contribution in [0, 0.1) is 0 Å². The summed E-state index contributed by atoms with van der Waals surface area (Å²) in [5.74, 6) is 0.248. The van der Waals surface area contributed by atoms with Gasteiger partial charge in [0.15, 0.2) is 11.9 Å². The number of aromatic hydroxyl groups is 1. The molecule has 0 radical (unpaired) electrons. The normalized spacial score (nSPS) is 13.0. The lowest BCUT2D eigenvalue weighted by Gasteiger charge is -2.28. The van der Waals surface area contributed by atoms with Crippen molar-refractivity contribution in [2.75, 3.05) is 6.54 Å². The van der Waals surface area contributed by atoms with Gasteiger partial charge in [-0.25, -0.2) is 0 Å². The molecule has 2 rings (SSSR count). The molecule has 0 aliphatic carbocycles. The van der Waals surface area contributed by atoms with Crippen LogP contribution in [-0.4, -0.2) is 22.8 Å². The van der Waals surface area contributed by atoms with Crippen LogP contribution in [0.1, 0.15) is 71.5 Å². The molecule has 1 heterocycles. The van der Waals surface area contributed by atoms with Gasteiger partial charge in [0.25, 0.3) is 0 Å². The van der Waals surface area contributed by atoms with Gasteiger partial charge >= 0.3 is 5.97 Å². The monoisotopic (exact) mass is 410 g/mol. The van der Waals surface area contributed by atoms with Crippen molar-refractivity contribution in [1.29, 1.82) is 0 Å². The van der Waals surface area contributed by atoms with Crippen molar-refractivity contribution in [3.05, 3.63) is 35.1 Å². The number of nitrogens with zero attached hydrogens (tertiary/aromatic N) is 1. The summed E-state index contributed by atoms with van der Waals surface area (Å²) in [6, 6.07) is 5.62. The Hall–Kier alpha value is -2.05. The number of hydrogen-bond donors (Lipinski definition) is 2. The van der Waals surface area contributed by atoms with Crippen LogP contribution < -0.4 is 5.73 Å². The molecule has 6 nitrogen and oxygen atoms in total. The molecular weight excluding hydrogens is 380 g/mol. The fourth-order valence-corrected chi connectivity index (χ4v) is 2.85. The first kappa shape index (κ1) is 24.0. The zero-order chi connectivity index (χ0) is 20.6. The van der Waals surface area contributed by atoms with Crippen LogP contribution in [-0.2, 0) is 20.4 Å². The third-order valence-corrected chi connectivity index (χ3v) is 4.43. The molecule has 1 atom stereocenters. The summed E-state index contributed by atoms with van der Waals surface area (Å²) in [4.78, 5) is 11.4. The van der Waals surface area contributed by atoms with E-state index in [9.17, 15) is 9.90 Å². The number of rotatable bonds is 4. The van der Waals surface area contributed by atoms with Gasteiger partial charge in [0.2, 0.25) is 0 Å². The molecule has 0 saturated carbocycles. The minimum Gasteiger partial charge on any atom is -0.507 e. The second-order valence-corrected chi connectivity index (χ2v) is 8.87. The predicted molar refractivity (Wildman–Crippen MR) is 112 cm³/mol. The SMILES string of the molecule is CC(OC(=O)CN)c1cc(-c2cc(C(C)(C)C)c(O)c(C(C)(C)C)c2)no1.Cl. The van der Waals surface area contributed by atoms with E-state index in [1.807, 2.05) is 12.1 Å². The van der Waals surface area contributed by atoms with Crippen LogP contribution in [0.4, 0.5) is 0 Å². The lowest BCUT2D eigenvalue weighted by Crippen LogP contribution is -2.18. The Morgan fingerprint density at radius 3 is 2.07 bits per heavy atom. The number of phenolic OH excluding ortho intramolecular Hbond substituents is 1. The van der Waals surface area contributed by atoms with E-state index in [0.29, 0.717) is 17.2 Å². The summed E-state index contributed by atoms with van der Waals surface area (Å²) in [5.41, 5.74) is 7.95. The van der Waals surface area contributed by atoms with Gasteiger partial charge in [-0.1, -0.05) is 46.7 Å². The van der Waals surface area contributed by atoms with E-state index in [4.69, 9.17) is 15.0 Å². The lowest BCUT2D eigenvalue weighted by atomic mass is 9.78. The van der Waals surface area contributed by atoms with Crippen molar-refractivity contribution in [2.24, 2.45) is 5.73 Å². The Balaban J connectivity index is 0.00000392. The van der Waals surface area contributed by atoms with E-state index >= 15 is 0 Å². The summed E-state index contributed by atoms with van der Waals surface area (Å²) < 4.78 is 10.5. The zero-order valence-corrected chi connectivity index (χ0v) is 18.4. The molecular formula is C21H31ClN2O4. The van der Waals surface area contributed by atoms with Crippen LogP contribution in [0.3, 0.4) is 0 Å². The Morgan fingerprint density at radius 1 is 1.14 bits per heavy atom. The number of benzene rings is 1. The maximum absolute atomic E-state index is 11.4. The van der Waals surface area contributed by atoms with Gasteiger partial charge in [0, 0.05) is 22.8 Å². The molecule has 0 spiro atoms. The Morgan fingerprint density at radius 2 is 1.64 bits per heavy atom. The first-order valence-corrected chi connectivity index (χ1v) is 9.09. The second-order valence-electron chi connectivity index (χ2n) is 8.87.